The number of rotatable bonds is 3. The fourth-order valence-electron chi connectivity index (χ4n) is 4.10. The summed E-state index contributed by atoms with van der Waals surface area (Å²) < 4.78 is 0. The quantitative estimate of drug-likeness (QED) is 0.434. The number of H-pyrrole nitrogens is 2. The summed E-state index contributed by atoms with van der Waals surface area (Å²) in [6, 6.07) is 13.1. The second kappa shape index (κ2) is 7.74. The molecular weight excluding hydrogens is 411 g/mol. The summed E-state index contributed by atoms with van der Waals surface area (Å²) in [6.45, 7) is 0. The zero-order valence-electron chi connectivity index (χ0n) is 16.9. The summed E-state index contributed by atoms with van der Waals surface area (Å²) in [6.07, 6.45) is 5.03. The Labute approximate surface area is 184 Å². The Morgan fingerprint density at radius 3 is 2.74 bits per heavy atom. The van der Waals surface area contributed by atoms with Crippen molar-refractivity contribution < 1.29 is 4.79 Å². The van der Waals surface area contributed by atoms with Crippen molar-refractivity contribution in [2.75, 3.05) is 0 Å². The molecule has 1 aromatic heterocycles. The van der Waals surface area contributed by atoms with E-state index in [2.05, 4.69) is 15.3 Å². The van der Waals surface area contributed by atoms with Gasteiger partial charge in [0.25, 0.3) is 0 Å². The van der Waals surface area contributed by atoms with Crippen LogP contribution in [0.15, 0.2) is 75.7 Å². The molecule has 0 saturated heterocycles. The third kappa shape index (κ3) is 3.77. The van der Waals surface area contributed by atoms with Crippen LogP contribution in [0, 0.1) is 0 Å². The zero-order valence-corrected chi connectivity index (χ0v) is 17.7. The van der Waals surface area contributed by atoms with Crippen molar-refractivity contribution >= 4 is 47.6 Å². The summed E-state index contributed by atoms with van der Waals surface area (Å²) in [5.74, 6) is -0.139. The zero-order chi connectivity index (χ0) is 21.5. The molecule has 0 fully saturated rings. The van der Waals surface area contributed by atoms with E-state index in [1.807, 2.05) is 62.5 Å². The molecule has 6 nitrogen and oxygen atoms in total. The number of hydrogen-bond donors (Lipinski definition) is 3. The summed E-state index contributed by atoms with van der Waals surface area (Å²) >= 11 is 6.42. The Balaban J connectivity index is 1.65. The van der Waals surface area contributed by atoms with Crippen LogP contribution in [0.2, 0.25) is 0 Å². The minimum Gasteiger partial charge on any atom is -0.324 e. The molecule has 2 aliphatic rings. The lowest BCUT2D eigenvalue weighted by Crippen LogP contribution is -2.34. The Bertz CT molecular complexity index is 1350. The molecular formula is C23H20BClN4O2. The number of aromatic nitrogens is 2. The molecule has 0 spiro atoms. The highest BCUT2D eigenvalue weighted by molar-refractivity contribution is 6.33. The smallest absolute Gasteiger partial charge is 0.323 e. The van der Waals surface area contributed by atoms with Gasteiger partial charge in [0.2, 0.25) is 5.91 Å². The number of imidazole rings is 1. The average molecular weight is 431 g/mol. The van der Waals surface area contributed by atoms with Gasteiger partial charge in [-0.2, -0.15) is 0 Å². The van der Waals surface area contributed by atoms with E-state index in [1.54, 1.807) is 0 Å². The summed E-state index contributed by atoms with van der Waals surface area (Å²) in [4.78, 5) is 35.3. The molecule has 3 aromatic rings. The highest BCUT2D eigenvalue weighted by atomic mass is 35.5. The van der Waals surface area contributed by atoms with Crippen molar-refractivity contribution in [2.45, 2.75) is 24.3 Å². The van der Waals surface area contributed by atoms with Gasteiger partial charge in [-0.1, -0.05) is 53.5 Å². The van der Waals surface area contributed by atoms with Crippen LogP contribution < -0.4 is 16.5 Å². The van der Waals surface area contributed by atoms with E-state index in [-0.39, 0.29) is 17.0 Å². The van der Waals surface area contributed by atoms with Gasteiger partial charge in [0.15, 0.2) is 0 Å². The molecule has 0 bridgehead atoms. The highest BCUT2D eigenvalue weighted by Crippen LogP contribution is 2.28. The molecule has 0 radical (unpaired) electrons. The molecule has 2 aromatic carbocycles. The average Bonchev–Trinajstić information content (AvgIpc) is 3.06. The molecule has 0 saturated carbocycles. The van der Waals surface area contributed by atoms with Gasteiger partial charge in [-0.05, 0) is 18.6 Å². The largest absolute Gasteiger partial charge is 0.324 e. The second-order valence-electron chi connectivity index (χ2n) is 7.90. The van der Waals surface area contributed by atoms with Crippen LogP contribution >= 0.6 is 11.6 Å². The van der Waals surface area contributed by atoms with Crippen LogP contribution in [-0.2, 0) is 11.2 Å². The predicted molar refractivity (Wildman–Crippen MR) is 126 cm³/mol. The molecule has 2 heterocycles. The van der Waals surface area contributed by atoms with Crippen molar-refractivity contribution in [3.05, 3.63) is 87.5 Å². The fourth-order valence-corrected chi connectivity index (χ4v) is 4.31. The first kappa shape index (κ1) is 19.6. The van der Waals surface area contributed by atoms with Crippen LogP contribution in [-0.4, -0.2) is 40.9 Å². The molecule has 31 heavy (non-hydrogen) atoms. The van der Waals surface area contributed by atoms with Gasteiger partial charge < -0.3 is 15.3 Å². The number of hydrogen-bond acceptors (Lipinski definition) is 3. The molecule has 8 heteroatoms. The van der Waals surface area contributed by atoms with Crippen molar-refractivity contribution in [1.82, 2.24) is 15.3 Å². The van der Waals surface area contributed by atoms with Crippen LogP contribution in [0.1, 0.15) is 17.5 Å². The van der Waals surface area contributed by atoms with Crippen molar-refractivity contribution in [2.24, 2.45) is 4.99 Å². The molecule has 1 amide bonds. The lowest BCUT2D eigenvalue weighted by atomic mass is 9.87. The van der Waals surface area contributed by atoms with Crippen molar-refractivity contribution in [3.63, 3.8) is 0 Å². The fraction of sp³-hybridized carbons (Fsp3) is 0.174. The van der Waals surface area contributed by atoms with Crippen LogP contribution in [0.5, 0.6) is 0 Å². The molecule has 154 valence electrons. The number of nitrogens with zero attached hydrogens (tertiary/aromatic N) is 1. The number of benzene rings is 2. The number of alkyl halides is 1. The first-order valence-electron chi connectivity index (χ1n) is 10.2. The van der Waals surface area contributed by atoms with Crippen molar-refractivity contribution in [3.8, 4) is 0 Å². The van der Waals surface area contributed by atoms with Gasteiger partial charge >= 0.3 is 5.69 Å². The maximum Gasteiger partial charge on any atom is 0.323 e. The van der Waals surface area contributed by atoms with E-state index in [0.717, 1.165) is 33.4 Å². The van der Waals surface area contributed by atoms with Gasteiger partial charge in [-0.3, -0.25) is 9.79 Å². The normalized spacial score (nSPS) is 20.9. The van der Waals surface area contributed by atoms with Crippen LogP contribution in [0.3, 0.4) is 0 Å². The minimum absolute atomic E-state index is 0.139. The SMILES string of the molecule is Bc1ccccc1CC1N=C(c2ccc3[nH]c(=O)[nH]c3c2)C2=CC(Cl)CC=C2NC1=O. The lowest BCUT2D eigenvalue weighted by Gasteiger charge is -2.18. The number of amides is 1. The van der Waals surface area contributed by atoms with E-state index in [1.165, 1.54) is 0 Å². The molecule has 1 aliphatic heterocycles. The van der Waals surface area contributed by atoms with Gasteiger partial charge in [-0.25, -0.2) is 4.79 Å². The Morgan fingerprint density at radius 1 is 1.10 bits per heavy atom. The highest BCUT2D eigenvalue weighted by Gasteiger charge is 2.30. The standard InChI is InChI=1S/C23H20BClN4O2/c24-16-4-2-1-3-12(16)9-20-22(30)27-17-8-6-14(25)11-15(17)21(26-20)13-5-7-18-19(10-13)29-23(31)28-18/h1-5,7-8,10-11,14,20H,6,9,24H2,(H,27,30)(H2,28,29,31). The van der Waals surface area contributed by atoms with E-state index in [0.29, 0.717) is 24.1 Å². The third-order valence-electron chi connectivity index (χ3n) is 5.75. The minimum atomic E-state index is -0.585. The summed E-state index contributed by atoms with van der Waals surface area (Å²) in [7, 11) is 2.04. The number of halogens is 1. The molecule has 2 atom stereocenters. The topological polar surface area (TPSA) is 90.1 Å². The van der Waals surface area contributed by atoms with Crippen LogP contribution in [0.25, 0.3) is 11.0 Å². The summed E-state index contributed by atoms with van der Waals surface area (Å²) in [5, 5.41) is 2.87. The number of carbonyl (C=O) groups is 1. The number of allylic oxidation sites excluding steroid dienone is 3. The van der Waals surface area contributed by atoms with E-state index in [4.69, 9.17) is 16.6 Å². The third-order valence-corrected chi connectivity index (χ3v) is 6.05. The van der Waals surface area contributed by atoms with Crippen LogP contribution in [0.4, 0.5) is 0 Å². The predicted octanol–water partition coefficient (Wildman–Crippen LogP) is 1.47. The number of aromatic amines is 2. The van der Waals surface area contributed by atoms with Gasteiger partial charge in [0.1, 0.15) is 13.9 Å². The Hall–Kier alpha value is -3.32. The van der Waals surface area contributed by atoms with Crippen molar-refractivity contribution in [1.29, 1.82) is 0 Å². The number of aliphatic imine (C=N–C) groups is 1. The first-order chi connectivity index (χ1) is 15.0. The number of fused-ring (bicyclic) bond motifs is 2. The van der Waals surface area contributed by atoms with E-state index in [9.17, 15) is 9.59 Å². The molecule has 1 aliphatic carbocycles. The Kier molecular flexibility index (Phi) is 4.90. The van der Waals surface area contributed by atoms with E-state index >= 15 is 0 Å². The lowest BCUT2D eigenvalue weighted by molar-refractivity contribution is -0.121. The summed E-state index contributed by atoms with van der Waals surface area (Å²) in [5.41, 5.74) is 6.40. The van der Waals surface area contributed by atoms with E-state index < -0.39 is 6.04 Å². The molecule has 3 N–H and O–H groups in total. The monoisotopic (exact) mass is 430 g/mol. The molecule has 2 unspecified atom stereocenters. The number of carbonyl (C=O) groups excluding carboxylic acids is 1. The second-order valence-corrected chi connectivity index (χ2v) is 8.46. The van der Waals surface area contributed by atoms with Gasteiger partial charge in [0.05, 0.1) is 22.1 Å². The number of nitrogens with one attached hydrogen (secondary N) is 3. The maximum absolute atomic E-state index is 13.1. The first-order valence-corrected chi connectivity index (χ1v) is 10.6. The molecule has 5 rings (SSSR count). The maximum atomic E-state index is 13.1. The Morgan fingerprint density at radius 2 is 1.90 bits per heavy atom. The van der Waals surface area contributed by atoms with Gasteiger partial charge in [-0.15, -0.1) is 11.6 Å². The van der Waals surface area contributed by atoms with Gasteiger partial charge in [0, 0.05) is 23.3 Å².